The maximum absolute atomic E-state index is 3.74. The average molecular weight is 747 g/mol. The minimum Gasteiger partial charge on any atom is -0.361 e. The Labute approximate surface area is 339 Å². The molecule has 2 aliphatic rings. The second kappa shape index (κ2) is 18.5. The molecule has 4 nitrogen and oxygen atoms in total. The molecule has 0 bridgehead atoms. The molecule has 7 aromatic rings. The van der Waals surface area contributed by atoms with Crippen molar-refractivity contribution in [3.63, 3.8) is 0 Å². The lowest BCUT2D eigenvalue weighted by atomic mass is 9.87. The molecule has 2 heterocycles. The van der Waals surface area contributed by atoms with Gasteiger partial charge in [0.05, 0.1) is 17.1 Å². The van der Waals surface area contributed by atoms with Crippen molar-refractivity contribution < 1.29 is 0 Å². The Hall–Kier alpha value is -6.36. The molecule has 0 saturated carbocycles. The Morgan fingerprint density at radius 2 is 1.33 bits per heavy atom. The normalized spacial score (nSPS) is 15.3. The predicted octanol–water partition coefficient (Wildman–Crippen LogP) is 13.5. The van der Waals surface area contributed by atoms with Gasteiger partial charge in [-0.05, 0) is 91.6 Å². The van der Waals surface area contributed by atoms with E-state index in [1.165, 1.54) is 66.6 Å². The number of nitrogens with one attached hydrogen (secondary N) is 2. The number of hydrogen-bond donors (Lipinski definition) is 2. The van der Waals surface area contributed by atoms with E-state index in [1.807, 2.05) is 27.8 Å². The van der Waals surface area contributed by atoms with Gasteiger partial charge in [-0.3, -0.25) is 0 Å². The van der Waals surface area contributed by atoms with Crippen LogP contribution < -0.4 is 15.5 Å². The first kappa shape index (κ1) is 38.9. The quantitative estimate of drug-likeness (QED) is 0.159. The van der Waals surface area contributed by atoms with E-state index in [2.05, 4.69) is 215 Å². The van der Waals surface area contributed by atoms with Crippen LogP contribution in [0.4, 0.5) is 11.4 Å². The molecule has 1 aromatic heterocycles. The first-order valence-electron chi connectivity index (χ1n) is 20.3. The lowest BCUT2D eigenvalue weighted by Crippen LogP contribution is -2.35. The number of likely N-dealkylation sites (N-methyl/N-ethyl adjacent to an activating group) is 2. The van der Waals surface area contributed by atoms with E-state index in [9.17, 15) is 0 Å². The fourth-order valence-corrected chi connectivity index (χ4v) is 8.07. The van der Waals surface area contributed by atoms with Gasteiger partial charge in [-0.25, -0.2) is 0 Å². The van der Waals surface area contributed by atoms with Gasteiger partial charge in [0, 0.05) is 46.0 Å². The van der Waals surface area contributed by atoms with Crippen LogP contribution in [0.2, 0.25) is 0 Å². The zero-order chi connectivity index (χ0) is 39.6. The van der Waals surface area contributed by atoms with E-state index in [0.717, 1.165) is 18.5 Å². The van der Waals surface area contributed by atoms with Gasteiger partial charge in [0.2, 0.25) is 0 Å². The van der Waals surface area contributed by atoms with Gasteiger partial charge in [-0.15, -0.1) is 0 Å². The zero-order valence-corrected chi connectivity index (χ0v) is 33.9. The van der Waals surface area contributed by atoms with Crippen molar-refractivity contribution in [1.29, 1.82) is 0 Å². The Kier molecular flexibility index (Phi) is 12.6. The summed E-state index contributed by atoms with van der Waals surface area (Å²) in [5, 5.41) is 9.73. The second-order valence-electron chi connectivity index (χ2n) is 14.2. The van der Waals surface area contributed by atoms with Crippen LogP contribution in [0.25, 0.3) is 44.2 Å². The van der Waals surface area contributed by atoms with Crippen LogP contribution in [0.5, 0.6) is 0 Å². The summed E-state index contributed by atoms with van der Waals surface area (Å²) in [6.45, 7) is 6.04. The summed E-state index contributed by atoms with van der Waals surface area (Å²) < 4.78 is 2.38. The number of anilines is 2. The highest BCUT2D eigenvalue weighted by Gasteiger charge is 2.25. The first-order chi connectivity index (χ1) is 28.1. The Morgan fingerprint density at radius 1 is 0.667 bits per heavy atom. The molecule has 2 N–H and O–H groups in total. The van der Waals surface area contributed by atoms with Gasteiger partial charge in [-0.1, -0.05) is 159 Å². The van der Waals surface area contributed by atoms with E-state index in [-0.39, 0.29) is 6.17 Å². The molecule has 6 aromatic carbocycles. The summed E-state index contributed by atoms with van der Waals surface area (Å²) in [5.41, 5.74) is 14.0. The van der Waals surface area contributed by atoms with Crippen molar-refractivity contribution in [1.82, 2.24) is 9.88 Å². The third-order valence-electron chi connectivity index (χ3n) is 10.8. The summed E-state index contributed by atoms with van der Waals surface area (Å²) in [6, 6.07) is 54.4. The van der Waals surface area contributed by atoms with Crippen LogP contribution in [0.15, 0.2) is 194 Å². The van der Waals surface area contributed by atoms with E-state index in [0.29, 0.717) is 6.04 Å². The van der Waals surface area contributed by atoms with Gasteiger partial charge in [0.25, 0.3) is 0 Å². The standard InChI is InChI=1S/C31H27N3.C20H21N.C2H6/c1-3-4-6-19-31-32-27-17-11-9-15-23(27)25-20-26-24-16-10-12-18-28(24)34(22-13-7-5-8-14-22)30(26)21-29(25)33(31)2;1-21-20(18-10-6-3-7-11-18)19-14-12-17(13-15-19)16-8-4-2-5-9-16;1-2/h3-21,31-32H,1-2H3;2-12,14,20-21H,13,15H2,1H3;1-2H3/b4-3+,19-6-;;. The monoisotopic (exact) mass is 746 g/mol. The lowest BCUT2D eigenvalue weighted by Gasteiger charge is -2.28. The molecule has 0 saturated heterocycles. The summed E-state index contributed by atoms with van der Waals surface area (Å²) in [6.07, 6.45) is 15.3. The molecule has 57 heavy (non-hydrogen) atoms. The minimum atomic E-state index is 0.0330. The summed E-state index contributed by atoms with van der Waals surface area (Å²) in [7, 11) is 4.21. The SMILES string of the molecule is C/C=C/C=C\C1Nc2ccccc2-c2cc3c4ccccc4n(-c4ccccc4)c3cc2N1C.CC.CNC(C1=CC=C(c2ccccc2)CC1)c1ccccc1. The average Bonchev–Trinajstić information content (AvgIpc) is 3.55. The largest absolute Gasteiger partial charge is 0.361 e. The molecule has 4 heteroatoms. The summed E-state index contributed by atoms with van der Waals surface area (Å²) in [4.78, 5) is 2.34. The van der Waals surface area contributed by atoms with E-state index >= 15 is 0 Å². The van der Waals surface area contributed by atoms with Crippen LogP contribution in [0.1, 0.15) is 50.8 Å². The van der Waals surface area contributed by atoms with Crippen molar-refractivity contribution in [3.8, 4) is 16.8 Å². The smallest absolute Gasteiger partial charge is 0.118 e. The maximum atomic E-state index is 3.74. The third kappa shape index (κ3) is 8.28. The van der Waals surface area contributed by atoms with Crippen molar-refractivity contribution in [2.75, 3.05) is 24.3 Å². The van der Waals surface area contributed by atoms with Gasteiger partial charge in [0.1, 0.15) is 6.17 Å². The minimum absolute atomic E-state index is 0.0330. The van der Waals surface area contributed by atoms with Gasteiger partial charge in [0.15, 0.2) is 0 Å². The Balaban J connectivity index is 0.000000185. The molecule has 0 amide bonds. The van der Waals surface area contributed by atoms with E-state index in [4.69, 9.17) is 0 Å². The fourth-order valence-electron chi connectivity index (χ4n) is 8.07. The number of nitrogens with zero attached hydrogens (tertiary/aromatic N) is 2. The molecule has 1 aliphatic heterocycles. The Bertz CT molecular complexity index is 2520. The number of para-hydroxylation sites is 3. The Morgan fingerprint density at radius 3 is 2.04 bits per heavy atom. The van der Waals surface area contributed by atoms with Gasteiger partial charge < -0.3 is 20.1 Å². The lowest BCUT2D eigenvalue weighted by molar-refractivity contribution is 0.647. The number of rotatable bonds is 7. The van der Waals surface area contributed by atoms with E-state index < -0.39 is 0 Å². The van der Waals surface area contributed by atoms with E-state index in [1.54, 1.807) is 0 Å². The maximum Gasteiger partial charge on any atom is 0.118 e. The fraction of sp³-hybridized carbons (Fsp3) is 0.170. The summed E-state index contributed by atoms with van der Waals surface area (Å²) >= 11 is 0. The van der Waals surface area contributed by atoms with Crippen molar-refractivity contribution in [2.24, 2.45) is 0 Å². The van der Waals surface area contributed by atoms with Crippen LogP contribution in [-0.2, 0) is 0 Å². The van der Waals surface area contributed by atoms with Crippen LogP contribution in [0.3, 0.4) is 0 Å². The molecule has 2 atom stereocenters. The van der Waals surface area contributed by atoms with Gasteiger partial charge >= 0.3 is 0 Å². The number of benzene rings is 6. The number of hydrogen-bond acceptors (Lipinski definition) is 3. The molecule has 1 aliphatic carbocycles. The molecule has 0 fully saturated rings. The predicted molar refractivity (Wildman–Crippen MR) is 247 cm³/mol. The molecular weight excluding hydrogens is 693 g/mol. The molecule has 0 radical (unpaired) electrons. The topological polar surface area (TPSA) is 32.2 Å². The second-order valence-corrected chi connectivity index (χ2v) is 14.2. The third-order valence-corrected chi connectivity index (χ3v) is 10.8. The molecule has 2 unspecified atom stereocenters. The van der Waals surface area contributed by atoms with Crippen molar-refractivity contribution in [2.45, 2.75) is 45.8 Å². The van der Waals surface area contributed by atoms with Crippen LogP contribution >= 0.6 is 0 Å². The molecule has 9 rings (SSSR count). The number of fused-ring (bicyclic) bond motifs is 6. The number of allylic oxidation sites excluding steroid dienone is 6. The highest BCUT2D eigenvalue weighted by molar-refractivity contribution is 6.13. The molecule has 0 spiro atoms. The van der Waals surface area contributed by atoms with Crippen molar-refractivity contribution >= 4 is 38.8 Å². The highest BCUT2D eigenvalue weighted by Crippen LogP contribution is 2.44. The first-order valence-corrected chi connectivity index (χ1v) is 20.3. The highest BCUT2D eigenvalue weighted by atomic mass is 15.3. The summed E-state index contributed by atoms with van der Waals surface area (Å²) in [5.74, 6) is 0. The zero-order valence-electron chi connectivity index (χ0n) is 33.9. The molecule has 286 valence electrons. The molecular formula is C53H54N4. The van der Waals surface area contributed by atoms with Crippen LogP contribution in [0, 0.1) is 0 Å². The van der Waals surface area contributed by atoms with Crippen molar-refractivity contribution in [3.05, 3.63) is 205 Å². The van der Waals surface area contributed by atoms with Crippen LogP contribution in [-0.4, -0.2) is 24.8 Å². The number of aromatic nitrogens is 1. The van der Waals surface area contributed by atoms with Gasteiger partial charge in [-0.2, -0.15) is 0 Å².